The Morgan fingerprint density at radius 2 is 1.78 bits per heavy atom. The van der Waals surface area contributed by atoms with Crippen LogP contribution in [0, 0.1) is 13.8 Å². The molecule has 0 bridgehead atoms. The van der Waals surface area contributed by atoms with E-state index >= 15 is 0 Å². The van der Waals surface area contributed by atoms with Gasteiger partial charge in [0.2, 0.25) is 0 Å². The standard InChI is InChI=1S/C28H32N2O6S/c1-6-23(20-8-14-25(35-5)19(3)16-20)29-28(31)27-17-30(24-13-7-18(2)15-26(24)36-27)37(32,33)22-11-9-21(34-4)10-12-22/h7-16,23,27H,6,17H2,1-5H3,(H,29,31)/t23-,27+/m0/s1. The molecular formula is C28H32N2O6S. The number of rotatable bonds is 8. The number of carbonyl (C=O) groups is 1. The molecule has 1 aliphatic heterocycles. The first-order valence-corrected chi connectivity index (χ1v) is 13.5. The summed E-state index contributed by atoms with van der Waals surface area (Å²) in [6, 6.07) is 16.9. The summed E-state index contributed by atoms with van der Waals surface area (Å²) in [7, 11) is -0.840. The minimum Gasteiger partial charge on any atom is -0.497 e. The van der Waals surface area contributed by atoms with Crippen LogP contribution < -0.4 is 23.8 Å². The average Bonchev–Trinajstić information content (AvgIpc) is 2.90. The van der Waals surface area contributed by atoms with Gasteiger partial charge in [-0.3, -0.25) is 9.10 Å². The van der Waals surface area contributed by atoms with Gasteiger partial charge in [0.05, 0.1) is 37.4 Å². The molecule has 3 aromatic rings. The van der Waals surface area contributed by atoms with E-state index in [0.717, 1.165) is 22.4 Å². The molecule has 0 spiro atoms. The van der Waals surface area contributed by atoms with Gasteiger partial charge < -0.3 is 19.5 Å². The van der Waals surface area contributed by atoms with Gasteiger partial charge in [-0.25, -0.2) is 8.42 Å². The molecule has 9 heteroatoms. The first kappa shape index (κ1) is 26.3. The highest BCUT2D eigenvalue weighted by Crippen LogP contribution is 2.38. The van der Waals surface area contributed by atoms with Gasteiger partial charge in [-0.15, -0.1) is 0 Å². The summed E-state index contributed by atoms with van der Waals surface area (Å²) in [4.78, 5) is 13.5. The Morgan fingerprint density at radius 1 is 1.05 bits per heavy atom. The van der Waals surface area contributed by atoms with E-state index < -0.39 is 16.1 Å². The van der Waals surface area contributed by atoms with Crippen molar-refractivity contribution >= 4 is 21.6 Å². The van der Waals surface area contributed by atoms with Gasteiger partial charge in [0.25, 0.3) is 15.9 Å². The van der Waals surface area contributed by atoms with E-state index in [1.54, 1.807) is 31.4 Å². The number of ether oxygens (including phenoxy) is 3. The van der Waals surface area contributed by atoms with Crippen LogP contribution in [0.5, 0.6) is 17.2 Å². The predicted octanol–water partition coefficient (Wildman–Crippen LogP) is 4.54. The van der Waals surface area contributed by atoms with E-state index in [9.17, 15) is 13.2 Å². The van der Waals surface area contributed by atoms with Crippen LogP contribution in [0.4, 0.5) is 5.69 Å². The van der Waals surface area contributed by atoms with Crippen LogP contribution in [-0.4, -0.2) is 41.2 Å². The summed E-state index contributed by atoms with van der Waals surface area (Å²) in [5, 5.41) is 3.05. The second kappa shape index (κ2) is 10.7. The zero-order valence-corrected chi connectivity index (χ0v) is 22.5. The third kappa shape index (κ3) is 5.36. The fraction of sp³-hybridized carbons (Fsp3) is 0.321. The monoisotopic (exact) mass is 524 g/mol. The Kier molecular flexibility index (Phi) is 7.63. The van der Waals surface area contributed by atoms with E-state index in [0.29, 0.717) is 23.6 Å². The second-order valence-electron chi connectivity index (χ2n) is 8.99. The maximum absolute atomic E-state index is 13.7. The quantitative estimate of drug-likeness (QED) is 0.465. The van der Waals surface area contributed by atoms with E-state index in [4.69, 9.17) is 14.2 Å². The van der Waals surface area contributed by atoms with Gasteiger partial charge in [0.1, 0.15) is 17.2 Å². The molecule has 1 aliphatic rings. The number of nitrogens with zero attached hydrogens (tertiary/aromatic N) is 1. The molecule has 4 rings (SSSR count). The minimum atomic E-state index is -3.98. The van der Waals surface area contributed by atoms with Crippen LogP contribution in [0.25, 0.3) is 0 Å². The first-order chi connectivity index (χ1) is 17.7. The third-order valence-electron chi connectivity index (χ3n) is 6.47. The molecule has 37 heavy (non-hydrogen) atoms. The Labute approximate surface area is 218 Å². The van der Waals surface area contributed by atoms with Gasteiger partial charge in [-0.1, -0.05) is 25.1 Å². The Balaban J connectivity index is 1.64. The topological polar surface area (TPSA) is 94.2 Å². The largest absolute Gasteiger partial charge is 0.497 e. The maximum Gasteiger partial charge on any atom is 0.264 e. The SMILES string of the molecule is CC[C@H](NC(=O)[C@H]1CN(S(=O)(=O)c2ccc(OC)cc2)c2ccc(C)cc2O1)c1ccc(OC)c(C)c1. The number of amides is 1. The van der Waals surface area contributed by atoms with Crippen LogP contribution >= 0.6 is 0 Å². The third-order valence-corrected chi connectivity index (χ3v) is 8.26. The van der Waals surface area contributed by atoms with Crippen LogP contribution in [0.15, 0.2) is 65.6 Å². The molecule has 0 aromatic heterocycles. The van der Waals surface area contributed by atoms with Crippen molar-refractivity contribution in [1.82, 2.24) is 5.32 Å². The number of sulfonamides is 1. The van der Waals surface area contributed by atoms with Gasteiger partial charge in [0, 0.05) is 0 Å². The number of fused-ring (bicyclic) bond motifs is 1. The lowest BCUT2D eigenvalue weighted by atomic mass is 10.0. The van der Waals surface area contributed by atoms with Gasteiger partial charge >= 0.3 is 0 Å². The summed E-state index contributed by atoms with van der Waals surface area (Å²) in [5.41, 5.74) is 3.18. The van der Waals surface area contributed by atoms with E-state index in [2.05, 4.69) is 5.32 Å². The van der Waals surface area contributed by atoms with Gasteiger partial charge in [0.15, 0.2) is 6.10 Å². The summed E-state index contributed by atoms with van der Waals surface area (Å²) >= 11 is 0. The maximum atomic E-state index is 13.7. The highest BCUT2D eigenvalue weighted by atomic mass is 32.2. The van der Waals surface area contributed by atoms with Crippen LogP contribution in [0.3, 0.4) is 0 Å². The number of nitrogens with one attached hydrogen (secondary N) is 1. The Bertz CT molecular complexity index is 1390. The number of hydrogen-bond donors (Lipinski definition) is 1. The zero-order chi connectivity index (χ0) is 26.7. The van der Waals surface area contributed by atoms with Crippen molar-refractivity contribution in [3.63, 3.8) is 0 Å². The number of aryl methyl sites for hydroxylation is 2. The van der Waals surface area contributed by atoms with Crippen molar-refractivity contribution in [2.45, 2.75) is 44.2 Å². The zero-order valence-electron chi connectivity index (χ0n) is 21.6. The van der Waals surface area contributed by atoms with Gasteiger partial charge in [-0.05, 0) is 79.4 Å². The molecule has 3 aromatic carbocycles. The molecule has 0 saturated heterocycles. The molecule has 0 radical (unpaired) electrons. The van der Waals surface area contributed by atoms with Crippen LogP contribution in [0.2, 0.25) is 0 Å². The summed E-state index contributed by atoms with van der Waals surface area (Å²) in [5.74, 6) is 1.28. The molecule has 2 atom stereocenters. The van der Waals surface area contributed by atoms with Crippen LogP contribution in [-0.2, 0) is 14.8 Å². The number of carbonyl (C=O) groups excluding carboxylic acids is 1. The van der Waals surface area contributed by atoms with E-state index in [-0.39, 0.29) is 23.4 Å². The Hall–Kier alpha value is -3.72. The normalized spacial score (nSPS) is 15.8. The predicted molar refractivity (Wildman–Crippen MR) is 142 cm³/mol. The molecule has 0 fully saturated rings. The lowest BCUT2D eigenvalue weighted by molar-refractivity contribution is -0.128. The van der Waals surface area contributed by atoms with Crippen molar-refractivity contribution in [3.8, 4) is 17.2 Å². The van der Waals surface area contributed by atoms with Gasteiger partial charge in [-0.2, -0.15) is 0 Å². The summed E-state index contributed by atoms with van der Waals surface area (Å²) in [6.07, 6.45) is -0.385. The minimum absolute atomic E-state index is 0.0982. The number of hydrogen-bond acceptors (Lipinski definition) is 6. The fourth-order valence-corrected chi connectivity index (χ4v) is 5.88. The lowest BCUT2D eigenvalue weighted by Crippen LogP contribution is -2.51. The Morgan fingerprint density at radius 3 is 2.41 bits per heavy atom. The molecular weight excluding hydrogens is 492 g/mol. The molecule has 196 valence electrons. The van der Waals surface area contributed by atoms with E-state index in [1.165, 1.54) is 23.5 Å². The average molecular weight is 525 g/mol. The van der Waals surface area contributed by atoms with Crippen molar-refractivity contribution in [1.29, 1.82) is 0 Å². The molecule has 1 amide bonds. The van der Waals surface area contributed by atoms with Crippen molar-refractivity contribution < 1.29 is 27.4 Å². The summed E-state index contributed by atoms with van der Waals surface area (Å²) < 4.78 is 45.2. The smallest absolute Gasteiger partial charge is 0.264 e. The highest BCUT2D eigenvalue weighted by molar-refractivity contribution is 7.92. The highest BCUT2D eigenvalue weighted by Gasteiger charge is 2.38. The number of methoxy groups -OCH3 is 2. The van der Waals surface area contributed by atoms with Crippen molar-refractivity contribution in [3.05, 3.63) is 77.4 Å². The first-order valence-electron chi connectivity index (χ1n) is 12.1. The van der Waals surface area contributed by atoms with Crippen molar-refractivity contribution in [2.75, 3.05) is 25.1 Å². The molecule has 1 N–H and O–H groups in total. The fourth-order valence-electron chi connectivity index (χ4n) is 4.40. The van der Waals surface area contributed by atoms with Crippen LogP contribution in [0.1, 0.15) is 36.1 Å². The lowest BCUT2D eigenvalue weighted by Gasteiger charge is -2.35. The molecule has 0 aliphatic carbocycles. The second-order valence-corrected chi connectivity index (χ2v) is 10.9. The molecule has 1 heterocycles. The molecule has 8 nitrogen and oxygen atoms in total. The van der Waals surface area contributed by atoms with E-state index in [1.807, 2.05) is 45.0 Å². The van der Waals surface area contributed by atoms with Crippen molar-refractivity contribution in [2.24, 2.45) is 0 Å². The molecule has 0 unspecified atom stereocenters. The number of benzene rings is 3. The number of anilines is 1. The molecule has 0 saturated carbocycles. The summed E-state index contributed by atoms with van der Waals surface area (Å²) in [6.45, 7) is 5.65.